The average molecular weight is 503 g/mol. The van der Waals surface area contributed by atoms with Gasteiger partial charge < -0.3 is 15.0 Å². The topological polar surface area (TPSA) is 58.6 Å². The van der Waals surface area contributed by atoms with Gasteiger partial charge in [-0.25, -0.2) is 4.39 Å². The minimum absolute atomic E-state index is 0.0756. The van der Waals surface area contributed by atoms with Gasteiger partial charge in [0.2, 0.25) is 11.8 Å². The lowest BCUT2D eigenvalue weighted by atomic mass is 9.94. The normalized spacial score (nSPS) is 14.5. The van der Waals surface area contributed by atoms with Gasteiger partial charge in [0.25, 0.3) is 0 Å². The van der Waals surface area contributed by atoms with Crippen LogP contribution in [0.5, 0.6) is 5.75 Å². The predicted octanol–water partition coefficient (Wildman–Crippen LogP) is 5.47. The second kappa shape index (κ2) is 13.0. The molecule has 1 aliphatic carbocycles. The van der Waals surface area contributed by atoms with E-state index in [2.05, 4.69) is 5.32 Å². The van der Waals surface area contributed by atoms with Crippen LogP contribution in [-0.4, -0.2) is 35.9 Å². The second-order valence-electron chi connectivity index (χ2n) is 9.73. The summed E-state index contributed by atoms with van der Waals surface area (Å²) in [6.07, 6.45) is 5.80. The molecule has 0 spiro atoms. The van der Waals surface area contributed by atoms with Crippen LogP contribution in [0.25, 0.3) is 0 Å². The first-order chi connectivity index (χ1) is 18.0. The Bertz CT molecular complexity index is 1160. The number of nitrogens with zero attached hydrogens (tertiary/aromatic N) is 1. The molecule has 1 atom stereocenters. The average Bonchev–Trinajstić information content (AvgIpc) is 2.93. The molecular weight excluding hydrogens is 467 g/mol. The second-order valence-corrected chi connectivity index (χ2v) is 9.73. The van der Waals surface area contributed by atoms with Crippen LogP contribution >= 0.6 is 0 Å². The fraction of sp³-hybridized carbons (Fsp3) is 0.355. The third-order valence-corrected chi connectivity index (χ3v) is 6.98. The Morgan fingerprint density at radius 1 is 0.919 bits per heavy atom. The van der Waals surface area contributed by atoms with Gasteiger partial charge in [-0.2, -0.15) is 0 Å². The molecule has 0 aromatic heterocycles. The SMILES string of the molecule is COc1cccc(CN(C(=O)Cc2ccc(F)cc2)[C@@H](Cc2ccccc2)C(=O)NC2CCCCC2)c1. The number of benzene rings is 3. The molecule has 37 heavy (non-hydrogen) atoms. The molecule has 0 unspecified atom stereocenters. The largest absolute Gasteiger partial charge is 0.497 e. The third-order valence-electron chi connectivity index (χ3n) is 6.98. The van der Waals surface area contributed by atoms with E-state index in [1.165, 1.54) is 18.6 Å². The standard InChI is InChI=1S/C31H35FN2O3/c1-37-28-14-8-11-25(19-28)22-34(30(35)21-24-15-17-26(32)18-16-24)29(20-23-9-4-2-5-10-23)31(36)33-27-12-6-3-7-13-27/h2,4-5,8-11,14-19,27,29H,3,6-7,12-13,20-22H2,1H3,(H,33,36)/t29-/m0/s1. The summed E-state index contributed by atoms with van der Waals surface area (Å²) in [6, 6.07) is 22.7. The minimum atomic E-state index is -0.691. The van der Waals surface area contributed by atoms with Gasteiger partial charge in [-0.15, -0.1) is 0 Å². The summed E-state index contributed by atoms with van der Waals surface area (Å²) in [4.78, 5) is 29.3. The van der Waals surface area contributed by atoms with E-state index in [1.807, 2.05) is 54.6 Å². The fourth-order valence-corrected chi connectivity index (χ4v) is 4.94. The van der Waals surface area contributed by atoms with Crippen molar-refractivity contribution < 1.29 is 18.7 Å². The summed E-state index contributed by atoms with van der Waals surface area (Å²) in [5, 5.41) is 3.25. The van der Waals surface area contributed by atoms with Gasteiger partial charge in [-0.05, 0) is 53.8 Å². The summed E-state index contributed by atoms with van der Waals surface area (Å²) in [6.45, 7) is 0.257. The summed E-state index contributed by atoms with van der Waals surface area (Å²) in [5.41, 5.74) is 2.56. The number of carbonyl (C=O) groups is 2. The lowest BCUT2D eigenvalue weighted by Gasteiger charge is -2.33. The highest BCUT2D eigenvalue weighted by Gasteiger charge is 2.32. The number of ether oxygens (including phenoxy) is 1. The Hall–Kier alpha value is -3.67. The Kier molecular flexibility index (Phi) is 9.30. The number of methoxy groups -OCH3 is 1. The molecule has 1 aliphatic rings. The van der Waals surface area contributed by atoms with Gasteiger partial charge in [-0.1, -0.05) is 73.9 Å². The van der Waals surface area contributed by atoms with E-state index in [4.69, 9.17) is 4.74 Å². The van der Waals surface area contributed by atoms with Gasteiger partial charge >= 0.3 is 0 Å². The molecule has 2 amide bonds. The first-order valence-electron chi connectivity index (χ1n) is 13.0. The number of rotatable bonds is 10. The molecule has 3 aromatic carbocycles. The number of carbonyl (C=O) groups excluding carboxylic acids is 2. The highest BCUT2D eigenvalue weighted by atomic mass is 19.1. The van der Waals surface area contributed by atoms with E-state index in [0.29, 0.717) is 17.7 Å². The highest BCUT2D eigenvalue weighted by molar-refractivity contribution is 5.89. The summed E-state index contributed by atoms with van der Waals surface area (Å²) in [5.74, 6) is 0.0215. The monoisotopic (exact) mass is 502 g/mol. The molecule has 1 saturated carbocycles. The van der Waals surface area contributed by atoms with Gasteiger partial charge in [0.1, 0.15) is 17.6 Å². The minimum Gasteiger partial charge on any atom is -0.497 e. The quantitative estimate of drug-likeness (QED) is 0.400. The Balaban J connectivity index is 1.65. The van der Waals surface area contributed by atoms with E-state index in [1.54, 1.807) is 24.1 Å². The van der Waals surface area contributed by atoms with Crippen molar-refractivity contribution in [3.8, 4) is 5.75 Å². The molecule has 3 aromatic rings. The maximum atomic E-state index is 13.8. The van der Waals surface area contributed by atoms with Crippen LogP contribution < -0.4 is 10.1 Å². The molecule has 0 aliphatic heterocycles. The van der Waals surface area contributed by atoms with Gasteiger partial charge in [0.05, 0.1) is 13.5 Å². The van der Waals surface area contributed by atoms with E-state index >= 15 is 0 Å². The maximum absolute atomic E-state index is 13.8. The first-order valence-corrected chi connectivity index (χ1v) is 13.0. The molecular formula is C31H35FN2O3. The van der Waals surface area contributed by atoms with Crippen molar-refractivity contribution in [3.05, 3.63) is 101 Å². The van der Waals surface area contributed by atoms with E-state index in [-0.39, 0.29) is 36.6 Å². The zero-order chi connectivity index (χ0) is 26.0. The predicted molar refractivity (Wildman–Crippen MR) is 143 cm³/mol. The van der Waals surface area contributed by atoms with Crippen molar-refractivity contribution in [1.29, 1.82) is 0 Å². The molecule has 0 bridgehead atoms. The highest BCUT2D eigenvalue weighted by Crippen LogP contribution is 2.22. The van der Waals surface area contributed by atoms with Crippen molar-refractivity contribution in [2.45, 2.75) is 63.6 Å². The molecule has 0 saturated heterocycles. The molecule has 4 rings (SSSR count). The number of hydrogen-bond acceptors (Lipinski definition) is 3. The number of halogens is 1. The number of nitrogens with one attached hydrogen (secondary N) is 1. The molecule has 6 heteroatoms. The van der Waals surface area contributed by atoms with Crippen molar-refractivity contribution in [1.82, 2.24) is 10.2 Å². The molecule has 0 heterocycles. The van der Waals surface area contributed by atoms with E-state index in [0.717, 1.165) is 36.8 Å². The van der Waals surface area contributed by atoms with E-state index < -0.39 is 6.04 Å². The summed E-state index contributed by atoms with van der Waals surface area (Å²) >= 11 is 0. The van der Waals surface area contributed by atoms with Gasteiger partial charge in [0.15, 0.2) is 0 Å². The molecule has 1 N–H and O–H groups in total. The zero-order valence-electron chi connectivity index (χ0n) is 21.4. The van der Waals surface area contributed by atoms with Crippen LogP contribution in [0.4, 0.5) is 4.39 Å². The van der Waals surface area contributed by atoms with Gasteiger partial charge in [0, 0.05) is 19.0 Å². The smallest absolute Gasteiger partial charge is 0.243 e. The Morgan fingerprint density at radius 2 is 1.62 bits per heavy atom. The van der Waals surface area contributed by atoms with Crippen molar-refractivity contribution in [2.24, 2.45) is 0 Å². The van der Waals surface area contributed by atoms with Crippen LogP contribution in [0.15, 0.2) is 78.9 Å². The van der Waals surface area contributed by atoms with Crippen molar-refractivity contribution in [2.75, 3.05) is 7.11 Å². The lowest BCUT2D eigenvalue weighted by molar-refractivity contribution is -0.141. The lowest BCUT2D eigenvalue weighted by Crippen LogP contribution is -2.53. The van der Waals surface area contributed by atoms with Crippen molar-refractivity contribution in [3.63, 3.8) is 0 Å². The fourth-order valence-electron chi connectivity index (χ4n) is 4.94. The zero-order valence-corrected chi connectivity index (χ0v) is 21.4. The van der Waals surface area contributed by atoms with Crippen molar-refractivity contribution >= 4 is 11.8 Å². The summed E-state index contributed by atoms with van der Waals surface area (Å²) < 4.78 is 18.9. The van der Waals surface area contributed by atoms with Crippen LogP contribution in [0.2, 0.25) is 0 Å². The third kappa shape index (κ3) is 7.66. The number of hydrogen-bond donors (Lipinski definition) is 1. The molecule has 1 fully saturated rings. The van der Waals surface area contributed by atoms with Gasteiger partial charge in [-0.3, -0.25) is 9.59 Å². The van der Waals surface area contributed by atoms with E-state index in [9.17, 15) is 14.0 Å². The maximum Gasteiger partial charge on any atom is 0.243 e. The number of amides is 2. The first kappa shape index (κ1) is 26.4. The molecule has 0 radical (unpaired) electrons. The molecule has 5 nitrogen and oxygen atoms in total. The van der Waals surface area contributed by atoms with Crippen LogP contribution in [0.3, 0.4) is 0 Å². The Labute approximate surface area is 218 Å². The van der Waals surface area contributed by atoms with Crippen LogP contribution in [-0.2, 0) is 29.0 Å². The summed E-state index contributed by atoms with van der Waals surface area (Å²) in [7, 11) is 1.60. The van der Waals surface area contributed by atoms with Crippen LogP contribution in [0, 0.1) is 5.82 Å². The Morgan fingerprint density at radius 3 is 2.32 bits per heavy atom. The van der Waals surface area contributed by atoms with Crippen LogP contribution in [0.1, 0.15) is 48.8 Å². The molecule has 194 valence electrons.